The third-order valence-electron chi connectivity index (χ3n) is 20.9. The number of carbonyl (C=O) groups is 1. The fourth-order valence-corrected chi connectivity index (χ4v) is 13.1. The van der Waals surface area contributed by atoms with Crippen molar-refractivity contribution >= 4 is 40.8 Å². The van der Waals surface area contributed by atoms with E-state index in [-0.39, 0.29) is 34.5 Å². The average molecular weight is 1510 g/mol. The highest BCUT2D eigenvalue weighted by Crippen LogP contribution is 2.45. The second-order valence-electron chi connectivity index (χ2n) is 30.7. The van der Waals surface area contributed by atoms with Crippen molar-refractivity contribution in [1.82, 2.24) is 29.9 Å². The van der Waals surface area contributed by atoms with Crippen LogP contribution in [-0.2, 0) is 29.0 Å². The van der Waals surface area contributed by atoms with Crippen LogP contribution >= 0.6 is 0 Å². The van der Waals surface area contributed by atoms with E-state index >= 15 is 0 Å². The first-order valence-electron chi connectivity index (χ1n) is 39.2. The SMILES string of the molecule is CC(=O)Nc1ccc(O)cc1.CCCCCCCCCCCCCCCCC1(C)CCc2c(C)c(O)c(C)c(C)c2O1.CCNc1nc(C)c(O)c(C)c1C.Cc1cc(N(C)C)nc(C)c1O.Cc1nc(N(C)C)nc(C)c1O.Cc1nc2c(c(C)c1O)CCCN2C.Cc1nc2c(c(C)c1O)COC(C)(C)N2C. The fourth-order valence-electron chi connectivity index (χ4n) is 13.1. The molecule has 0 aliphatic carbocycles. The molecule has 0 spiro atoms. The first-order valence-corrected chi connectivity index (χ1v) is 39.2. The van der Waals surface area contributed by atoms with Crippen molar-refractivity contribution in [2.24, 2.45) is 0 Å². The van der Waals surface area contributed by atoms with Gasteiger partial charge in [-0.25, -0.2) is 29.9 Å². The van der Waals surface area contributed by atoms with Gasteiger partial charge in [-0.1, -0.05) is 90.4 Å². The van der Waals surface area contributed by atoms with Crippen molar-refractivity contribution in [2.45, 2.75) is 278 Å². The number of nitrogens with one attached hydrogen (secondary N) is 2. The van der Waals surface area contributed by atoms with Gasteiger partial charge in [-0.2, -0.15) is 0 Å². The van der Waals surface area contributed by atoms with E-state index in [1.807, 2.05) is 141 Å². The van der Waals surface area contributed by atoms with Gasteiger partial charge in [0, 0.05) is 90.2 Å². The average Bonchev–Trinajstić information content (AvgIpc) is 0.769. The number of amides is 1. The smallest absolute Gasteiger partial charge is 0.225 e. The lowest BCUT2D eigenvalue weighted by Gasteiger charge is -2.42. The first-order chi connectivity index (χ1) is 51.1. The number of phenolic OH excluding ortho intramolecular Hbond substituents is 2. The summed E-state index contributed by atoms with van der Waals surface area (Å²) in [6.45, 7) is 41.0. The Morgan fingerprint density at radius 2 is 0.982 bits per heavy atom. The van der Waals surface area contributed by atoms with E-state index in [0.717, 1.165) is 130 Å². The van der Waals surface area contributed by atoms with E-state index in [2.05, 4.69) is 73.3 Å². The van der Waals surface area contributed by atoms with E-state index in [0.29, 0.717) is 69.7 Å². The summed E-state index contributed by atoms with van der Waals surface area (Å²) in [5.74, 6) is 7.32. The van der Waals surface area contributed by atoms with Gasteiger partial charge in [-0.15, -0.1) is 0 Å². The number of aromatic hydroxyl groups is 7. The van der Waals surface area contributed by atoms with E-state index in [1.54, 1.807) is 37.8 Å². The number of nitrogens with zero attached hydrogens (tertiary/aromatic N) is 10. The van der Waals surface area contributed by atoms with Crippen molar-refractivity contribution in [3.63, 3.8) is 0 Å². The molecule has 10 rings (SSSR count). The molecule has 3 aliphatic rings. The number of pyridine rings is 4. The summed E-state index contributed by atoms with van der Waals surface area (Å²) in [4.78, 5) is 44.0. The molecule has 5 aromatic heterocycles. The molecule has 3 aliphatic heterocycles. The highest BCUT2D eigenvalue weighted by molar-refractivity contribution is 5.88. The van der Waals surface area contributed by atoms with Crippen LogP contribution in [0.2, 0.25) is 0 Å². The molecular formula is C87H136N12O10. The molecule has 0 radical (unpaired) electrons. The molecule has 0 saturated carbocycles. The van der Waals surface area contributed by atoms with E-state index < -0.39 is 0 Å². The van der Waals surface area contributed by atoms with Crippen molar-refractivity contribution in [3.8, 4) is 46.0 Å². The summed E-state index contributed by atoms with van der Waals surface area (Å²) < 4.78 is 12.3. The first kappa shape index (κ1) is 92.3. The van der Waals surface area contributed by atoms with Gasteiger partial charge in [-0.3, -0.25) is 4.79 Å². The van der Waals surface area contributed by atoms with Crippen LogP contribution in [0.1, 0.15) is 246 Å². The molecule has 1 amide bonds. The molecule has 2 aromatic carbocycles. The van der Waals surface area contributed by atoms with Crippen LogP contribution in [0.4, 0.5) is 34.9 Å². The number of rotatable bonds is 20. The maximum atomic E-state index is 10.5. The normalized spacial score (nSPS) is 14.2. The minimum absolute atomic E-state index is 0.0509. The van der Waals surface area contributed by atoms with Gasteiger partial charge in [-0.05, 0) is 232 Å². The molecule has 109 heavy (non-hydrogen) atoms. The van der Waals surface area contributed by atoms with Gasteiger partial charge >= 0.3 is 0 Å². The van der Waals surface area contributed by atoms with Gasteiger partial charge in [0.15, 0.2) is 5.75 Å². The highest BCUT2D eigenvalue weighted by atomic mass is 16.5. The molecule has 22 nitrogen and oxygen atoms in total. The van der Waals surface area contributed by atoms with Crippen LogP contribution in [0.3, 0.4) is 0 Å². The zero-order valence-electron chi connectivity index (χ0n) is 71.3. The third kappa shape index (κ3) is 26.9. The molecule has 0 saturated heterocycles. The number of aryl methyl sites for hydroxylation is 7. The fraction of sp³-hybridized carbons (Fsp3) is 0.575. The Kier molecular flexibility index (Phi) is 36.7. The van der Waals surface area contributed by atoms with Gasteiger partial charge in [0.1, 0.15) is 74.8 Å². The molecule has 0 bridgehead atoms. The molecule has 8 heterocycles. The number of ether oxygens (including phenoxy) is 2. The molecule has 0 fully saturated rings. The minimum Gasteiger partial charge on any atom is -0.508 e. The Balaban J connectivity index is 0.000000279. The predicted octanol–water partition coefficient (Wildman–Crippen LogP) is 19.0. The maximum Gasteiger partial charge on any atom is 0.225 e. The summed E-state index contributed by atoms with van der Waals surface area (Å²) in [6, 6.07) is 8.17. The number of benzene rings is 2. The zero-order chi connectivity index (χ0) is 81.9. The summed E-state index contributed by atoms with van der Waals surface area (Å²) in [5, 5.41) is 73.0. The predicted molar refractivity (Wildman–Crippen MR) is 448 cm³/mol. The molecule has 604 valence electrons. The summed E-state index contributed by atoms with van der Waals surface area (Å²) >= 11 is 0. The van der Waals surface area contributed by atoms with Crippen LogP contribution < -0.4 is 35.0 Å². The Bertz CT molecular complexity index is 3980. The molecule has 1 atom stereocenters. The summed E-state index contributed by atoms with van der Waals surface area (Å²) in [5.41, 5.74) is 15.4. The van der Waals surface area contributed by atoms with Gasteiger partial charge in [0.05, 0.1) is 40.8 Å². The van der Waals surface area contributed by atoms with Crippen molar-refractivity contribution in [1.29, 1.82) is 0 Å². The maximum absolute atomic E-state index is 10.5. The summed E-state index contributed by atoms with van der Waals surface area (Å²) in [7, 11) is 11.6. The topological polar surface area (TPSA) is 292 Å². The Morgan fingerprint density at radius 3 is 1.49 bits per heavy atom. The molecular weight excluding hydrogens is 1370 g/mol. The Hall–Kier alpha value is -9.05. The van der Waals surface area contributed by atoms with Crippen LogP contribution in [0.15, 0.2) is 30.3 Å². The number of carbonyl (C=O) groups excluding carboxylic acids is 1. The van der Waals surface area contributed by atoms with Gasteiger partial charge in [0.25, 0.3) is 0 Å². The highest BCUT2D eigenvalue weighted by Gasteiger charge is 2.36. The number of aromatic nitrogens is 6. The molecule has 22 heteroatoms. The quantitative estimate of drug-likeness (QED) is 0.0253. The number of unbranched alkanes of at least 4 members (excludes halogenated alkanes) is 13. The third-order valence-corrected chi connectivity index (χ3v) is 20.9. The van der Waals surface area contributed by atoms with E-state index in [4.69, 9.17) is 14.6 Å². The lowest BCUT2D eigenvalue weighted by molar-refractivity contribution is -0.114. The second kappa shape index (κ2) is 43.4. The largest absolute Gasteiger partial charge is 0.508 e. The van der Waals surface area contributed by atoms with E-state index in [1.165, 1.54) is 120 Å². The number of anilines is 6. The van der Waals surface area contributed by atoms with Crippen molar-refractivity contribution < 1.29 is 50.0 Å². The second-order valence-corrected chi connectivity index (χ2v) is 30.7. The molecule has 1 unspecified atom stereocenters. The standard InChI is InChI=1S/C29H50O2.C12H18N2O2.C11H16N2O.C10H16N2O.C9H14N2O.C8H13N3O.C8H9NO2/c1-6-7-8-9-10-11-12-13-14-15-16-17-18-19-21-29(5)22-20-26-25(4)27(30)23(2)24(3)28(26)31-29;1-7-9-6-16-12(3,4)14(5)11(9)13-8(2)10(7)15;1-7-9-5-4-6-13(3)11(9)12-8(2)10(7)14;1-5-11-10-7(3)6(2)9(13)8(4)12-10;1-6-5-8(11(3)4)10-7(2)9(6)12;1-5-7(12)6(2)10-8(9-5)11(3)4;1-6(10)9-7-2-4-8(11)5-3-7/h30H,6-22H2,1-5H3;15H,6H2,1-5H3;14H,4-6H2,1-3H3;13H,5H2,1-4H3,(H,11,12);5,12H,1-4H3;12H,1-4H3;2-5,11H,1H3,(H,9,10). The van der Waals surface area contributed by atoms with Crippen LogP contribution in [0.5, 0.6) is 46.0 Å². The number of hydrogen-bond acceptors (Lipinski definition) is 21. The number of phenols is 2. The van der Waals surface area contributed by atoms with Crippen LogP contribution in [0.25, 0.3) is 0 Å². The lowest BCUT2D eigenvalue weighted by atomic mass is 9.84. The zero-order valence-corrected chi connectivity index (χ0v) is 71.3. The Labute approximate surface area is 653 Å². The van der Waals surface area contributed by atoms with Crippen LogP contribution in [-0.4, -0.2) is 138 Å². The lowest BCUT2D eigenvalue weighted by Crippen LogP contribution is -2.47. The van der Waals surface area contributed by atoms with E-state index in [9.17, 15) is 35.4 Å². The van der Waals surface area contributed by atoms with Crippen LogP contribution in [0, 0.1) is 96.9 Å². The number of fused-ring (bicyclic) bond motifs is 3. The van der Waals surface area contributed by atoms with Crippen molar-refractivity contribution in [2.75, 3.05) is 85.6 Å². The Morgan fingerprint density at radius 1 is 0.514 bits per heavy atom. The van der Waals surface area contributed by atoms with Gasteiger partial charge < -0.3 is 75.5 Å². The van der Waals surface area contributed by atoms with Gasteiger partial charge in [0.2, 0.25) is 11.9 Å². The van der Waals surface area contributed by atoms with Crippen molar-refractivity contribution in [3.05, 3.63) is 126 Å². The monoisotopic (exact) mass is 1510 g/mol. The summed E-state index contributed by atoms with van der Waals surface area (Å²) in [6.07, 6.45) is 25.0. The molecule has 7 aromatic rings. The molecule has 9 N–H and O–H groups in total. The minimum atomic E-state index is -0.351. The number of hydrogen-bond donors (Lipinski definition) is 9.